The van der Waals surface area contributed by atoms with Crippen LogP contribution in [0.15, 0.2) is 29.0 Å². The number of aromatic nitrogens is 2. The minimum Gasteiger partial charge on any atom is -0.467 e. The molecule has 4 nitrogen and oxygen atoms in total. The number of nitrogens with zero attached hydrogens (tertiary/aromatic N) is 2. The van der Waals surface area contributed by atoms with Crippen LogP contribution in [0.5, 0.6) is 0 Å². The van der Waals surface area contributed by atoms with Crippen LogP contribution in [-0.4, -0.2) is 9.78 Å². The lowest BCUT2D eigenvalue weighted by Gasteiger charge is -2.15. The summed E-state index contributed by atoms with van der Waals surface area (Å²) < 4.78 is 7.29. The lowest BCUT2D eigenvalue weighted by molar-refractivity contribution is 0.474. The average Bonchev–Trinajstić information content (AvgIpc) is 2.94. The van der Waals surface area contributed by atoms with Crippen molar-refractivity contribution in [3.63, 3.8) is 0 Å². The fourth-order valence-electron chi connectivity index (χ4n) is 1.97. The monoisotopic (exact) mass is 233 g/mol. The molecule has 2 heterocycles. The minimum atomic E-state index is 0.208. The summed E-state index contributed by atoms with van der Waals surface area (Å²) in [7, 11) is 1.94. The molecule has 0 fully saturated rings. The molecule has 0 saturated heterocycles. The Hall–Kier alpha value is -1.71. The van der Waals surface area contributed by atoms with E-state index < -0.39 is 0 Å². The summed E-state index contributed by atoms with van der Waals surface area (Å²) >= 11 is 0. The summed E-state index contributed by atoms with van der Waals surface area (Å²) in [5, 5.41) is 7.92. The van der Waals surface area contributed by atoms with Gasteiger partial charge < -0.3 is 9.73 Å². The Morgan fingerprint density at radius 1 is 1.47 bits per heavy atom. The Morgan fingerprint density at radius 3 is 2.88 bits per heavy atom. The van der Waals surface area contributed by atoms with Crippen LogP contribution < -0.4 is 5.32 Å². The Bertz CT molecular complexity index is 459. The van der Waals surface area contributed by atoms with Crippen LogP contribution in [0, 0.1) is 0 Å². The largest absolute Gasteiger partial charge is 0.467 e. The van der Waals surface area contributed by atoms with Crippen molar-refractivity contribution in [2.75, 3.05) is 5.32 Å². The second kappa shape index (κ2) is 5.08. The van der Waals surface area contributed by atoms with Crippen LogP contribution in [0.1, 0.15) is 37.8 Å². The Morgan fingerprint density at radius 2 is 2.29 bits per heavy atom. The van der Waals surface area contributed by atoms with Gasteiger partial charge in [0.25, 0.3) is 0 Å². The first-order valence-corrected chi connectivity index (χ1v) is 6.07. The molecular weight excluding hydrogens is 214 g/mol. The summed E-state index contributed by atoms with van der Waals surface area (Å²) in [6.07, 6.45) is 5.64. The van der Waals surface area contributed by atoms with Gasteiger partial charge in [0.05, 0.1) is 23.7 Å². The first kappa shape index (κ1) is 11.8. The molecule has 2 aromatic rings. The molecule has 92 valence electrons. The van der Waals surface area contributed by atoms with E-state index in [1.54, 1.807) is 6.26 Å². The Labute approximate surface area is 102 Å². The highest BCUT2D eigenvalue weighted by molar-refractivity contribution is 5.47. The molecule has 0 saturated carbocycles. The molecule has 0 aliphatic heterocycles. The molecule has 4 heteroatoms. The van der Waals surface area contributed by atoms with E-state index in [1.165, 1.54) is 0 Å². The standard InChI is InChI=1S/C13H19N3O/c1-4-10-12(9-16(3)15-10)14-11(5-2)13-7-6-8-17-13/h6-9,11,14H,4-5H2,1-3H3. The van der Waals surface area contributed by atoms with Gasteiger partial charge >= 0.3 is 0 Å². The quantitative estimate of drug-likeness (QED) is 0.862. The van der Waals surface area contributed by atoms with Crippen molar-refractivity contribution in [3.8, 4) is 0 Å². The lowest BCUT2D eigenvalue weighted by atomic mass is 10.1. The maximum Gasteiger partial charge on any atom is 0.125 e. The van der Waals surface area contributed by atoms with Gasteiger partial charge in [-0.2, -0.15) is 5.10 Å². The predicted molar refractivity (Wildman–Crippen MR) is 67.9 cm³/mol. The van der Waals surface area contributed by atoms with E-state index >= 15 is 0 Å². The van der Waals surface area contributed by atoms with Crippen LogP contribution in [0.4, 0.5) is 5.69 Å². The van der Waals surface area contributed by atoms with Gasteiger partial charge in [0.1, 0.15) is 5.76 Å². The fraction of sp³-hybridized carbons (Fsp3) is 0.462. The normalized spacial score (nSPS) is 12.6. The van der Waals surface area contributed by atoms with E-state index in [1.807, 2.05) is 30.1 Å². The first-order valence-electron chi connectivity index (χ1n) is 6.07. The van der Waals surface area contributed by atoms with Gasteiger partial charge in [-0.05, 0) is 25.0 Å². The van der Waals surface area contributed by atoms with Crippen LogP contribution in [0.2, 0.25) is 0 Å². The number of rotatable bonds is 5. The van der Waals surface area contributed by atoms with E-state index in [-0.39, 0.29) is 6.04 Å². The van der Waals surface area contributed by atoms with Crippen LogP contribution >= 0.6 is 0 Å². The van der Waals surface area contributed by atoms with Gasteiger partial charge in [0, 0.05) is 13.2 Å². The summed E-state index contributed by atoms with van der Waals surface area (Å²) in [5.41, 5.74) is 2.19. The van der Waals surface area contributed by atoms with E-state index in [0.717, 1.165) is 30.0 Å². The molecule has 0 aliphatic rings. The Balaban J connectivity index is 2.18. The summed E-state index contributed by atoms with van der Waals surface area (Å²) in [6.45, 7) is 4.25. The summed E-state index contributed by atoms with van der Waals surface area (Å²) in [6, 6.07) is 4.13. The highest BCUT2D eigenvalue weighted by Crippen LogP contribution is 2.24. The SMILES string of the molecule is CCc1nn(C)cc1NC(CC)c1ccco1. The van der Waals surface area contributed by atoms with Gasteiger partial charge in [-0.3, -0.25) is 4.68 Å². The topological polar surface area (TPSA) is 43.0 Å². The van der Waals surface area contributed by atoms with E-state index in [4.69, 9.17) is 4.42 Å². The second-order valence-corrected chi connectivity index (χ2v) is 4.14. The van der Waals surface area contributed by atoms with Gasteiger partial charge in [0.2, 0.25) is 0 Å². The molecule has 0 aliphatic carbocycles. The summed E-state index contributed by atoms with van der Waals surface area (Å²) in [5.74, 6) is 0.971. The number of hydrogen-bond acceptors (Lipinski definition) is 3. The average molecular weight is 233 g/mol. The zero-order valence-electron chi connectivity index (χ0n) is 10.6. The third-order valence-corrected chi connectivity index (χ3v) is 2.86. The highest BCUT2D eigenvalue weighted by atomic mass is 16.3. The van der Waals surface area contributed by atoms with E-state index in [9.17, 15) is 0 Å². The zero-order chi connectivity index (χ0) is 12.3. The minimum absolute atomic E-state index is 0.208. The number of furan rings is 1. The molecule has 0 spiro atoms. The van der Waals surface area contributed by atoms with Gasteiger partial charge in [-0.1, -0.05) is 13.8 Å². The summed E-state index contributed by atoms with van der Waals surface area (Å²) in [4.78, 5) is 0. The van der Waals surface area contributed by atoms with Crippen molar-refractivity contribution in [3.05, 3.63) is 36.0 Å². The van der Waals surface area contributed by atoms with Crippen molar-refractivity contribution in [1.82, 2.24) is 9.78 Å². The van der Waals surface area contributed by atoms with Crippen molar-refractivity contribution in [2.45, 2.75) is 32.7 Å². The van der Waals surface area contributed by atoms with Gasteiger partial charge in [0.15, 0.2) is 0 Å². The molecule has 17 heavy (non-hydrogen) atoms. The third-order valence-electron chi connectivity index (χ3n) is 2.86. The molecule has 2 rings (SSSR count). The molecule has 0 radical (unpaired) electrons. The number of anilines is 1. The molecule has 1 atom stereocenters. The fourth-order valence-corrected chi connectivity index (χ4v) is 1.97. The molecule has 1 unspecified atom stereocenters. The van der Waals surface area contributed by atoms with E-state index in [0.29, 0.717) is 0 Å². The molecule has 1 N–H and O–H groups in total. The van der Waals surface area contributed by atoms with Gasteiger partial charge in [-0.15, -0.1) is 0 Å². The molecular formula is C13H19N3O. The van der Waals surface area contributed by atoms with Crippen LogP contribution in [0.25, 0.3) is 0 Å². The predicted octanol–water partition coefficient (Wildman–Crippen LogP) is 3.14. The van der Waals surface area contributed by atoms with Gasteiger partial charge in [-0.25, -0.2) is 0 Å². The maximum atomic E-state index is 5.45. The lowest BCUT2D eigenvalue weighted by Crippen LogP contribution is -2.09. The molecule has 0 bridgehead atoms. The highest BCUT2D eigenvalue weighted by Gasteiger charge is 2.14. The van der Waals surface area contributed by atoms with Crippen molar-refractivity contribution < 1.29 is 4.42 Å². The number of nitrogens with one attached hydrogen (secondary N) is 1. The molecule has 0 aromatic carbocycles. The maximum absolute atomic E-state index is 5.45. The van der Waals surface area contributed by atoms with E-state index in [2.05, 4.69) is 24.3 Å². The Kier molecular flexibility index (Phi) is 3.52. The third kappa shape index (κ3) is 2.52. The number of hydrogen-bond donors (Lipinski definition) is 1. The zero-order valence-corrected chi connectivity index (χ0v) is 10.6. The smallest absolute Gasteiger partial charge is 0.125 e. The second-order valence-electron chi connectivity index (χ2n) is 4.14. The van der Waals surface area contributed by atoms with Crippen molar-refractivity contribution >= 4 is 5.69 Å². The number of aryl methyl sites for hydroxylation is 2. The van der Waals surface area contributed by atoms with Crippen molar-refractivity contribution in [2.24, 2.45) is 7.05 Å². The van der Waals surface area contributed by atoms with Crippen LogP contribution in [-0.2, 0) is 13.5 Å². The van der Waals surface area contributed by atoms with Crippen LogP contribution in [0.3, 0.4) is 0 Å². The van der Waals surface area contributed by atoms with Crippen molar-refractivity contribution in [1.29, 1.82) is 0 Å². The molecule has 0 amide bonds. The first-order chi connectivity index (χ1) is 8.24. The molecule has 2 aromatic heterocycles.